The minimum absolute atomic E-state index is 0.430. The van der Waals surface area contributed by atoms with E-state index in [2.05, 4.69) is 20.3 Å². The van der Waals surface area contributed by atoms with Gasteiger partial charge in [-0.3, -0.25) is 10.1 Å². The Balaban J connectivity index is 1.98. The number of hydrogen-bond donors (Lipinski definition) is 2. The second-order valence-electron chi connectivity index (χ2n) is 4.66. The summed E-state index contributed by atoms with van der Waals surface area (Å²) in [5.74, 6) is 0.430. The number of H-pyrrole nitrogens is 1. The van der Waals surface area contributed by atoms with Gasteiger partial charge in [0.2, 0.25) is 0 Å². The third-order valence-corrected chi connectivity index (χ3v) is 3.41. The molecule has 0 radical (unpaired) electrons. The lowest BCUT2D eigenvalue weighted by Gasteiger charge is -2.02. The van der Waals surface area contributed by atoms with Crippen LogP contribution in [0.15, 0.2) is 55.0 Å². The maximum atomic E-state index is 6.01. The average Bonchev–Trinajstić information content (AvgIpc) is 3.11. The quantitative estimate of drug-likeness (QED) is 0.588. The van der Waals surface area contributed by atoms with Crippen LogP contribution in [-0.2, 0) is 0 Å². The van der Waals surface area contributed by atoms with E-state index >= 15 is 0 Å². The van der Waals surface area contributed by atoms with Gasteiger partial charge in [-0.05, 0) is 24.3 Å². The molecule has 0 aliphatic heterocycles. The molecule has 0 aliphatic carbocycles. The molecule has 102 valence electrons. The first-order valence-electron chi connectivity index (χ1n) is 6.52. The van der Waals surface area contributed by atoms with Crippen molar-refractivity contribution in [1.29, 1.82) is 0 Å². The number of aromatic amines is 1. The fraction of sp³-hybridized carbons (Fsp3) is 0. The van der Waals surface area contributed by atoms with Crippen molar-refractivity contribution in [3.05, 3.63) is 55.0 Å². The van der Waals surface area contributed by atoms with Crippen LogP contribution in [0.5, 0.6) is 0 Å². The third-order valence-electron chi connectivity index (χ3n) is 3.41. The Morgan fingerprint density at radius 1 is 1.10 bits per heavy atom. The number of aromatic nitrogens is 5. The highest BCUT2D eigenvalue weighted by molar-refractivity contribution is 5.91. The summed E-state index contributed by atoms with van der Waals surface area (Å²) in [6.07, 6.45) is 5.44. The molecule has 0 fully saturated rings. The Morgan fingerprint density at radius 3 is 2.86 bits per heavy atom. The SMILES string of the molecule is Nc1n[nH]c(-c2cnn3ccccc23)c1-c1ccccn1. The molecule has 6 nitrogen and oxygen atoms in total. The van der Waals surface area contributed by atoms with Gasteiger partial charge < -0.3 is 5.73 Å². The molecule has 0 saturated carbocycles. The van der Waals surface area contributed by atoms with Gasteiger partial charge in [0, 0.05) is 18.0 Å². The highest BCUT2D eigenvalue weighted by Crippen LogP contribution is 2.35. The molecule has 21 heavy (non-hydrogen) atoms. The minimum atomic E-state index is 0.430. The molecule has 0 spiro atoms. The minimum Gasteiger partial charge on any atom is -0.382 e. The van der Waals surface area contributed by atoms with E-state index in [1.165, 1.54) is 0 Å². The number of pyridine rings is 2. The molecule has 0 unspecified atom stereocenters. The van der Waals surface area contributed by atoms with Gasteiger partial charge in [0.05, 0.1) is 28.7 Å². The first kappa shape index (κ1) is 11.7. The number of hydrogen-bond acceptors (Lipinski definition) is 4. The Kier molecular flexibility index (Phi) is 2.47. The zero-order valence-electron chi connectivity index (χ0n) is 11.1. The van der Waals surface area contributed by atoms with E-state index in [0.717, 1.165) is 28.0 Å². The van der Waals surface area contributed by atoms with Crippen LogP contribution in [0.4, 0.5) is 5.82 Å². The highest BCUT2D eigenvalue weighted by Gasteiger charge is 2.18. The van der Waals surface area contributed by atoms with Gasteiger partial charge >= 0.3 is 0 Å². The molecule has 4 aromatic rings. The van der Waals surface area contributed by atoms with Crippen molar-refractivity contribution in [3.63, 3.8) is 0 Å². The van der Waals surface area contributed by atoms with Gasteiger partial charge in [-0.1, -0.05) is 12.1 Å². The van der Waals surface area contributed by atoms with Crippen LogP contribution in [0, 0.1) is 0 Å². The zero-order chi connectivity index (χ0) is 14.2. The molecule has 6 heteroatoms. The highest BCUT2D eigenvalue weighted by atomic mass is 15.2. The average molecular weight is 276 g/mol. The Morgan fingerprint density at radius 2 is 2.00 bits per heavy atom. The summed E-state index contributed by atoms with van der Waals surface area (Å²) in [6.45, 7) is 0. The molecular formula is C15H12N6. The summed E-state index contributed by atoms with van der Waals surface area (Å²) in [5.41, 5.74) is 10.4. The van der Waals surface area contributed by atoms with Crippen molar-refractivity contribution >= 4 is 11.3 Å². The largest absolute Gasteiger partial charge is 0.382 e. The van der Waals surface area contributed by atoms with E-state index < -0.39 is 0 Å². The lowest BCUT2D eigenvalue weighted by atomic mass is 10.1. The van der Waals surface area contributed by atoms with Crippen LogP contribution in [0.2, 0.25) is 0 Å². The van der Waals surface area contributed by atoms with Crippen molar-refractivity contribution in [1.82, 2.24) is 24.8 Å². The van der Waals surface area contributed by atoms with E-state index in [4.69, 9.17) is 5.73 Å². The number of fused-ring (bicyclic) bond motifs is 1. The van der Waals surface area contributed by atoms with Crippen LogP contribution < -0.4 is 5.73 Å². The van der Waals surface area contributed by atoms with E-state index in [1.807, 2.05) is 47.1 Å². The van der Waals surface area contributed by atoms with Gasteiger partial charge in [0.1, 0.15) is 0 Å². The first-order chi connectivity index (χ1) is 10.3. The van der Waals surface area contributed by atoms with Crippen molar-refractivity contribution < 1.29 is 0 Å². The number of anilines is 1. The molecule has 0 aliphatic rings. The Hall–Kier alpha value is -3.15. The summed E-state index contributed by atoms with van der Waals surface area (Å²) in [5, 5.41) is 11.5. The smallest absolute Gasteiger partial charge is 0.155 e. The normalized spacial score (nSPS) is 11.0. The molecule has 4 aromatic heterocycles. The predicted octanol–water partition coefficient (Wildman–Crippen LogP) is 2.37. The van der Waals surface area contributed by atoms with Gasteiger partial charge in [-0.25, -0.2) is 4.52 Å². The lowest BCUT2D eigenvalue weighted by Crippen LogP contribution is -1.90. The van der Waals surface area contributed by atoms with Crippen LogP contribution in [0.1, 0.15) is 0 Å². The zero-order valence-corrected chi connectivity index (χ0v) is 11.1. The van der Waals surface area contributed by atoms with Gasteiger partial charge in [0.25, 0.3) is 0 Å². The van der Waals surface area contributed by atoms with Gasteiger partial charge in [0.15, 0.2) is 5.82 Å². The summed E-state index contributed by atoms with van der Waals surface area (Å²) in [6, 6.07) is 11.6. The fourth-order valence-electron chi connectivity index (χ4n) is 2.45. The van der Waals surface area contributed by atoms with Gasteiger partial charge in [-0.15, -0.1) is 0 Å². The number of nitrogens with zero attached hydrogens (tertiary/aromatic N) is 4. The standard InChI is InChI=1S/C15H12N6/c16-15-13(11-5-1-3-7-17-11)14(19-20-15)10-9-18-21-8-4-2-6-12(10)21/h1-9H,(H3,16,19,20). The lowest BCUT2D eigenvalue weighted by molar-refractivity contribution is 0.961. The van der Waals surface area contributed by atoms with Crippen LogP contribution in [0.3, 0.4) is 0 Å². The number of nitrogens with two attached hydrogens (primary N) is 1. The summed E-state index contributed by atoms with van der Waals surface area (Å²) in [4.78, 5) is 4.37. The van der Waals surface area contributed by atoms with Crippen molar-refractivity contribution in [2.75, 3.05) is 5.73 Å². The number of rotatable bonds is 2. The monoisotopic (exact) mass is 276 g/mol. The number of nitrogen functional groups attached to an aromatic ring is 1. The van der Waals surface area contributed by atoms with Crippen LogP contribution in [-0.4, -0.2) is 24.8 Å². The van der Waals surface area contributed by atoms with Gasteiger partial charge in [-0.2, -0.15) is 10.2 Å². The maximum Gasteiger partial charge on any atom is 0.155 e. The Labute approximate surface area is 120 Å². The molecule has 4 heterocycles. The molecule has 0 amide bonds. The summed E-state index contributed by atoms with van der Waals surface area (Å²) in [7, 11) is 0. The van der Waals surface area contributed by atoms with E-state index in [-0.39, 0.29) is 0 Å². The molecule has 0 bridgehead atoms. The van der Waals surface area contributed by atoms with Crippen molar-refractivity contribution in [2.24, 2.45) is 0 Å². The molecule has 0 atom stereocenters. The maximum absolute atomic E-state index is 6.01. The second-order valence-corrected chi connectivity index (χ2v) is 4.66. The van der Waals surface area contributed by atoms with E-state index in [1.54, 1.807) is 12.4 Å². The topological polar surface area (TPSA) is 84.9 Å². The summed E-state index contributed by atoms with van der Waals surface area (Å²) < 4.78 is 1.81. The Bertz CT molecular complexity index is 906. The molecule has 4 rings (SSSR count). The molecule has 0 saturated heterocycles. The van der Waals surface area contributed by atoms with E-state index in [9.17, 15) is 0 Å². The summed E-state index contributed by atoms with van der Waals surface area (Å²) >= 11 is 0. The fourth-order valence-corrected chi connectivity index (χ4v) is 2.45. The molecule has 3 N–H and O–H groups in total. The molecular weight excluding hydrogens is 264 g/mol. The molecule has 0 aromatic carbocycles. The third kappa shape index (κ3) is 1.77. The van der Waals surface area contributed by atoms with Crippen LogP contribution in [0.25, 0.3) is 28.0 Å². The second kappa shape index (κ2) is 4.45. The first-order valence-corrected chi connectivity index (χ1v) is 6.52. The van der Waals surface area contributed by atoms with E-state index in [0.29, 0.717) is 5.82 Å². The van der Waals surface area contributed by atoms with Crippen molar-refractivity contribution in [3.8, 4) is 22.5 Å². The predicted molar refractivity (Wildman–Crippen MR) is 80.4 cm³/mol. The van der Waals surface area contributed by atoms with Crippen LogP contribution >= 0.6 is 0 Å². The number of nitrogens with one attached hydrogen (secondary N) is 1. The van der Waals surface area contributed by atoms with Crippen molar-refractivity contribution in [2.45, 2.75) is 0 Å².